The fraction of sp³-hybridized carbons (Fsp3) is 0.118. The quantitative estimate of drug-likeness (QED) is 0.683. The Morgan fingerprint density at radius 3 is 2.08 bits per heavy atom. The molecule has 1 aromatic heterocycles. The molecule has 4 rings (SSSR count). The van der Waals surface area contributed by atoms with Gasteiger partial charge in [0.1, 0.15) is 0 Å². The molecule has 7 heteroatoms. The molecule has 0 aliphatic carbocycles. The maximum atomic E-state index is 12.3. The van der Waals surface area contributed by atoms with Crippen molar-refractivity contribution in [3.63, 3.8) is 0 Å². The van der Waals surface area contributed by atoms with Crippen LogP contribution in [0.3, 0.4) is 0 Å². The van der Waals surface area contributed by atoms with E-state index in [4.69, 9.17) is 0 Å². The molecule has 1 aliphatic rings. The Labute approximate surface area is 137 Å². The van der Waals surface area contributed by atoms with Gasteiger partial charge in [0.2, 0.25) is 5.82 Å². The molecule has 118 valence electrons. The average molecular weight is 319 g/mol. The van der Waals surface area contributed by atoms with Crippen LogP contribution in [0.25, 0.3) is 11.4 Å². The first-order valence-electron chi connectivity index (χ1n) is 7.52. The van der Waals surface area contributed by atoms with Crippen LogP contribution in [-0.4, -0.2) is 43.5 Å². The lowest BCUT2D eigenvalue weighted by atomic mass is 10.1. The lowest BCUT2D eigenvalue weighted by molar-refractivity contribution is 0.0645. The van der Waals surface area contributed by atoms with Gasteiger partial charge < -0.3 is 0 Å². The summed E-state index contributed by atoms with van der Waals surface area (Å²) in [7, 11) is 0. The van der Waals surface area contributed by atoms with Crippen LogP contribution in [0.1, 0.15) is 20.7 Å². The van der Waals surface area contributed by atoms with Crippen molar-refractivity contribution in [1.82, 2.24) is 25.1 Å². The molecule has 24 heavy (non-hydrogen) atoms. The van der Waals surface area contributed by atoms with Gasteiger partial charge in [0.15, 0.2) is 0 Å². The summed E-state index contributed by atoms with van der Waals surface area (Å²) in [6, 6.07) is 16.3. The van der Waals surface area contributed by atoms with Crippen LogP contribution in [-0.2, 0) is 6.54 Å². The molecule has 7 nitrogen and oxygen atoms in total. The van der Waals surface area contributed by atoms with Crippen molar-refractivity contribution in [3.05, 3.63) is 65.7 Å². The number of benzene rings is 2. The Bertz CT molecular complexity index is 884. The third-order valence-electron chi connectivity index (χ3n) is 3.89. The molecule has 1 aliphatic heterocycles. The van der Waals surface area contributed by atoms with Crippen LogP contribution in [0.2, 0.25) is 0 Å². The normalized spacial score (nSPS) is 13.4. The van der Waals surface area contributed by atoms with Crippen molar-refractivity contribution in [2.45, 2.75) is 6.54 Å². The summed E-state index contributed by atoms with van der Waals surface area (Å²) in [5, 5.41) is 12.3. The first-order valence-corrected chi connectivity index (χ1v) is 7.52. The van der Waals surface area contributed by atoms with Gasteiger partial charge in [0.25, 0.3) is 11.8 Å². The number of hydrogen-bond donors (Lipinski definition) is 0. The highest BCUT2D eigenvalue weighted by atomic mass is 16.2. The van der Waals surface area contributed by atoms with Gasteiger partial charge in [-0.15, -0.1) is 10.2 Å². The van der Waals surface area contributed by atoms with Gasteiger partial charge >= 0.3 is 0 Å². The van der Waals surface area contributed by atoms with Gasteiger partial charge in [-0.3, -0.25) is 14.5 Å². The number of aromatic nitrogens is 4. The summed E-state index contributed by atoms with van der Waals surface area (Å²) in [6.45, 7) is 0.502. The predicted molar refractivity (Wildman–Crippen MR) is 85.1 cm³/mol. The van der Waals surface area contributed by atoms with Gasteiger partial charge in [0.05, 0.1) is 24.2 Å². The molecule has 2 aromatic carbocycles. The molecule has 0 saturated carbocycles. The largest absolute Gasteiger partial charge is 0.272 e. The van der Waals surface area contributed by atoms with Crippen molar-refractivity contribution in [1.29, 1.82) is 0 Å². The minimum Gasteiger partial charge on any atom is -0.272 e. The average Bonchev–Trinajstić information content (AvgIpc) is 3.19. The van der Waals surface area contributed by atoms with Gasteiger partial charge in [-0.25, -0.2) is 0 Å². The van der Waals surface area contributed by atoms with Crippen LogP contribution in [0.5, 0.6) is 0 Å². The summed E-state index contributed by atoms with van der Waals surface area (Å²) in [5.41, 5.74) is 1.75. The molecule has 0 N–H and O–H groups in total. The Morgan fingerprint density at radius 2 is 1.42 bits per heavy atom. The van der Waals surface area contributed by atoms with Crippen molar-refractivity contribution in [2.75, 3.05) is 6.54 Å². The number of tetrazole rings is 1. The Hall–Kier alpha value is -3.35. The van der Waals surface area contributed by atoms with E-state index in [0.717, 1.165) is 5.56 Å². The third kappa shape index (κ3) is 2.36. The number of carbonyl (C=O) groups excluding carboxylic acids is 2. The van der Waals surface area contributed by atoms with Crippen molar-refractivity contribution < 1.29 is 9.59 Å². The minimum atomic E-state index is -0.279. The smallest absolute Gasteiger partial charge is 0.261 e. The molecule has 2 heterocycles. The molecular formula is C17H13N5O2. The summed E-state index contributed by atoms with van der Waals surface area (Å²) < 4.78 is 0. The molecule has 3 aromatic rings. The summed E-state index contributed by atoms with van der Waals surface area (Å²) >= 11 is 0. The van der Waals surface area contributed by atoms with Gasteiger partial charge in [-0.05, 0) is 17.3 Å². The zero-order chi connectivity index (χ0) is 16.5. The summed E-state index contributed by atoms with van der Waals surface area (Å²) in [5.74, 6) is -0.0454. The molecule has 0 atom stereocenters. The molecule has 0 bridgehead atoms. The van der Waals surface area contributed by atoms with E-state index in [-0.39, 0.29) is 18.4 Å². The number of hydrogen-bond acceptors (Lipinski definition) is 5. The van der Waals surface area contributed by atoms with Gasteiger partial charge in [-0.1, -0.05) is 42.5 Å². The van der Waals surface area contributed by atoms with Crippen LogP contribution in [0, 0.1) is 0 Å². The highest BCUT2D eigenvalue weighted by Gasteiger charge is 2.34. The van der Waals surface area contributed by atoms with E-state index in [2.05, 4.69) is 15.4 Å². The summed E-state index contributed by atoms with van der Waals surface area (Å²) in [6.07, 6.45) is 0. The Kier molecular flexibility index (Phi) is 3.38. The second kappa shape index (κ2) is 5.69. The molecule has 2 amide bonds. The van der Waals surface area contributed by atoms with E-state index in [1.54, 1.807) is 24.3 Å². The SMILES string of the molecule is O=C1c2ccccc2C(=O)N1CCn1nnc(-c2ccccc2)n1. The van der Waals surface area contributed by atoms with Gasteiger partial charge in [0, 0.05) is 5.56 Å². The molecule has 0 unspecified atom stereocenters. The second-order valence-corrected chi connectivity index (χ2v) is 5.38. The maximum Gasteiger partial charge on any atom is 0.261 e. The van der Waals surface area contributed by atoms with E-state index in [9.17, 15) is 9.59 Å². The van der Waals surface area contributed by atoms with E-state index >= 15 is 0 Å². The lowest BCUT2D eigenvalue weighted by Crippen LogP contribution is -2.33. The zero-order valence-corrected chi connectivity index (χ0v) is 12.7. The van der Waals surface area contributed by atoms with E-state index in [1.165, 1.54) is 9.70 Å². The maximum absolute atomic E-state index is 12.3. The van der Waals surface area contributed by atoms with Crippen LogP contribution < -0.4 is 0 Å². The first-order chi connectivity index (χ1) is 11.7. The molecule has 0 saturated heterocycles. The lowest BCUT2D eigenvalue weighted by Gasteiger charge is -2.12. The molecule has 0 fully saturated rings. The monoisotopic (exact) mass is 319 g/mol. The van der Waals surface area contributed by atoms with E-state index < -0.39 is 0 Å². The Balaban J connectivity index is 1.48. The van der Waals surface area contributed by atoms with E-state index in [1.807, 2.05) is 30.3 Å². The third-order valence-corrected chi connectivity index (χ3v) is 3.89. The number of fused-ring (bicyclic) bond motifs is 1. The molecular weight excluding hydrogens is 306 g/mol. The number of imide groups is 1. The zero-order valence-electron chi connectivity index (χ0n) is 12.7. The molecule has 0 spiro atoms. The predicted octanol–water partition coefficient (Wildman–Crippen LogP) is 1.64. The van der Waals surface area contributed by atoms with Crippen molar-refractivity contribution in [2.24, 2.45) is 0 Å². The summed E-state index contributed by atoms with van der Waals surface area (Å²) in [4.78, 5) is 27.2. The van der Waals surface area contributed by atoms with Crippen molar-refractivity contribution in [3.8, 4) is 11.4 Å². The van der Waals surface area contributed by atoms with Gasteiger partial charge in [-0.2, -0.15) is 4.80 Å². The van der Waals surface area contributed by atoms with Crippen LogP contribution in [0.4, 0.5) is 0 Å². The fourth-order valence-corrected chi connectivity index (χ4v) is 2.67. The standard InChI is InChI=1S/C17H13N5O2/c23-16-13-8-4-5-9-14(13)17(24)21(16)10-11-22-19-15(18-20-22)12-6-2-1-3-7-12/h1-9H,10-11H2. The second-order valence-electron chi connectivity index (χ2n) is 5.38. The number of carbonyl (C=O) groups is 2. The number of rotatable bonds is 4. The van der Waals surface area contributed by atoms with E-state index in [0.29, 0.717) is 23.5 Å². The Morgan fingerprint density at radius 1 is 0.792 bits per heavy atom. The highest BCUT2D eigenvalue weighted by Crippen LogP contribution is 2.22. The van der Waals surface area contributed by atoms with Crippen LogP contribution in [0.15, 0.2) is 54.6 Å². The fourth-order valence-electron chi connectivity index (χ4n) is 2.67. The highest BCUT2D eigenvalue weighted by molar-refractivity contribution is 6.21. The number of amides is 2. The van der Waals surface area contributed by atoms with Crippen LogP contribution >= 0.6 is 0 Å². The first kappa shape index (κ1) is 14.3. The minimum absolute atomic E-state index is 0.205. The number of nitrogens with zero attached hydrogens (tertiary/aromatic N) is 5. The topological polar surface area (TPSA) is 81.0 Å². The molecule has 0 radical (unpaired) electrons. The van der Waals surface area contributed by atoms with Crippen molar-refractivity contribution >= 4 is 11.8 Å².